The van der Waals surface area contributed by atoms with Gasteiger partial charge in [0.05, 0.1) is 0 Å². The lowest BCUT2D eigenvalue weighted by molar-refractivity contribution is -0.127. The van der Waals surface area contributed by atoms with E-state index in [9.17, 15) is 9.59 Å². The molecule has 0 radical (unpaired) electrons. The molecule has 5 heteroatoms. The van der Waals surface area contributed by atoms with E-state index in [0.717, 1.165) is 5.56 Å². The Morgan fingerprint density at radius 1 is 1.13 bits per heavy atom. The van der Waals surface area contributed by atoms with Crippen LogP contribution in [0.4, 0.5) is 5.69 Å². The largest absolute Gasteiger partial charge is 0.399 e. The van der Waals surface area contributed by atoms with E-state index in [-0.39, 0.29) is 11.8 Å². The molecular formula is C10H11N3O2. The summed E-state index contributed by atoms with van der Waals surface area (Å²) in [5.41, 5.74) is 11.7. The zero-order chi connectivity index (χ0) is 10.8. The number of carbonyl (C=O) groups is 2. The maximum atomic E-state index is 11.3. The highest BCUT2D eigenvalue weighted by Crippen LogP contribution is 2.17. The van der Waals surface area contributed by atoms with Crippen molar-refractivity contribution < 1.29 is 9.59 Å². The van der Waals surface area contributed by atoms with Gasteiger partial charge >= 0.3 is 0 Å². The Hall–Kier alpha value is -2.04. The maximum absolute atomic E-state index is 11.3. The van der Waals surface area contributed by atoms with Crippen molar-refractivity contribution in [3.8, 4) is 0 Å². The first-order chi connectivity index (χ1) is 7.18. The second-order valence-corrected chi connectivity index (χ2v) is 3.43. The fraction of sp³-hybridized carbons (Fsp3) is 0.200. The molecule has 1 saturated heterocycles. The molecule has 1 heterocycles. The first-order valence-electron chi connectivity index (χ1n) is 4.61. The van der Waals surface area contributed by atoms with Crippen molar-refractivity contribution >= 4 is 17.5 Å². The van der Waals surface area contributed by atoms with Gasteiger partial charge in [0.1, 0.15) is 5.92 Å². The number of rotatable bonds is 2. The van der Waals surface area contributed by atoms with Crippen LogP contribution in [0.2, 0.25) is 0 Å². The van der Waals surface area contributed by atoms with Crippen molar-refractivity contribution in [2.75, 3.05) is 5.73 Å². The van der Waals surface area contributed by atoms with Gasteiger partial charge in [0.25, 0.3) is 11.8 Å². The van der Waals surface area contributed by atoms with Gasteiger partial charge in [-0.15, -0.1) is 0 Å². The average molecular weight is 205 g/mol. The standard InChI is InChI=1S/C10H11N3O2/c11-8-4-2-1-3-6(8)5-7-9(14)12-13-10(7)15/h1-4,7H,5,11H2,(H,12,14)(H,13,15). The van der Waals surface area contributed by atoms with Crippen molar-refractivity contribution in [1.29, 1.82) is 0 Å². The number of hydrazine groups is 1. The number of amides is 2. The summed E-state index contributed by atoms with van der Waals surface area (Å²) in [5.74, 6) is -1.28. The lowest BCUT2D eigenvalue weighted by Gasteiger charge is -2.06. The molecule has 15 heavy (non-hydrogen) atoms. The molecule has 1 aromatic rings. The molecular weight excluding hydrogens is 194 g/mol. The average Bonchev–Trinajstić information content (AvgIpc) is 2.53. The van der Waals surface area contributed by atoms with E-state index in [1.165, 1.54) is 0 Å². The van der Waals surface area contributed by atoms with E-state index < -0.39 is 5.92 Å². The van der Waals surface area contributed by atoms with Gasteiger partial charge in [-0.3, -0.25) is 20.4 Å². The summed E-state index contributed by atoms with van der Waals surface area (Å²) in [6, 6.07) is 7.21. The van der Waals surface area contributed by atoms with Crippen molar-refractivity contribution in [1.82, 2.24) is 10.9 Å². The molecule has 5 nitrogen and oxygen atoms in total. The predicted octanol–water partition coefficient (Wildman–Crippen LogP) is -0.411. The first-order valence-corrected chi connectivity index (χ1v) is 4.61. The SMILES string of the molecule is Nc1ccccc1CC1C(=O)NNC1=O. The molecule has 0 atom stereocenters. The van der Waals surface area contributed by atoms with Gasteiger partial charge in [-0.2, -0.15) is 0 Å². The van der Waals surface area contributed by atoms with Crippen molar-refractivity contribution in [2.45, 2.75) is 6.42 Å². The molecule has 1 aromatic carbocycles. The van der Waals surface area contributed by atoms with E-state index in [0.29, 0.717) is 12.1 Å². The topological polar surface area (TPSA) is 84.2 Å². The Labute approximate surface area is 86.6 Å². The minimum Gasteiger partial charge on any atom is -0.399 e. The third-order valence-electron chi connectivity index (χ3n) is 2.42. The van der Waals surface area contributed by atoms with Crippen LogP contribution in [0, 0.1) is 5.92 Å². The molecule has 0 saturated carbocycles. The van der Waals surface area contributed by atoms with Gasteiger partial charge in [0.2, 0.25) is 0 Å². The van der Waals surface area contributed by atoms with Crippen molar-refractivity contribution in [2.24, 2.45) is 5.92 Å². The lowest BCUT2D eigenvalue weighted by Crippen LogP contribution is -2.28. The second kappa shape index (κ2) is 3.61. The van der Waals surface area contributed by atoms with E-state index >= 15 is 0 Å². The van der Waals surface area contributed by atoms with Crippen LogP contribution in [0.3, 0.4) is 0 Å². The third kappa shape index (κ3) is 1.76. The molecule has 1 fully saturated rings. The fourth-order valence-electron chi connectivity index (χ4n) is 1.54. The number of hydrogen-bond acceptors (Lipinski definition) is 3. The summed E-state index contributed by atoms with van der Waals surface area (Å²) in [4.78, 5) is 22.5. The molecule has 0 spiro atoms. The smallest absolute Gasteiger partial charge is 0.251 e. The van der Waals surface area contributed by atoms with Crippen LogP contribution in [0.15, 0.2) is 24.3 Å². The van der Waals surface area contributed by atoms with E-state index in [4.69, 9.17) is 5.73 Å². The molecule has 0 aliphatic carbocycles. The van der Waals surface area contributed by atoms with Crippen LogP contribution in [0.1, 0.15) is 5.56 Å². The highest BCUT2D eigenvalue weighted by Gasteiger charge is 2.33. The molecule has 0 aromatic heterocycles. The van der Waals surface area contributed by atoms with Crippen molar-refractivity contribution in [3.05, 3.63) is 29.8 Å². The monoisotopic (exact) mass is 205 g/mol. The van der Waals surface area contributed by atoms with Crippen LogP contribution in [0.25, 0.3) is 0 Å². The van der Waals surface area contributed by atoms with Crippen molar-refractivity contribution in [3.63, 3.8) is 0 Å². The Bertz CT molecular complexity index is 401. The summed E-state index contributed by atoms with van der Waals surface area (Å²) in [6.45, 7) is 0. The quantitative estimate of drug-likeness (QED) is 0.453. The predicted molar refractivity (Wildman–Crippen MR) is 54.3 cm³/mol. The minimum atomic E-state index is -0.672. The Morgan fingerprint density at radius 2 is 1.73 bits per heavy atom. The van der Waals surface area contributed by atoms with Crippen LogP contribution in [-0.2, 0) is 16.0 Å². The zero-order valence-electron chi connectivity index (χ0n) is 7.99. The number of para-hydroxylation sites is 1. The molecule has 2 rings (SSSR count). The summed E-state index contributed by atoms with van der Waals surface area (Å²) >= 11 is 0. The fourth-order valence-corrected chi connectivity index (χ4v) is 1.54. The second-order valence-electron chi connectivity index (χ2n) is 3.43. The molecule has 1 aliphatic heterocycles. The van der Waals surface area contributed by atoms with Gasteiger partial charge in [-0.05, 0) is 18.1 Å². The molecule has 4 N–H and O–H groups in total. The number of hydrogen-bond donors (Lipinski definition) is 3. The van der Waals surface area contributed by atoms with E-state index in [2.05, 4.69) is 10.9 Å². The number of nitrogens with two attached hydrogens (primary N) is 1. The van der Waals surface area contributed by atoms with Gasteiger partial charge in [0.15, 0.2) is 0 Å². The number of nitrogens with one attached hydrogen (secondary N) is 2. The Morgan fingerprint density at radius 3 is 2.33 bits per heavy atom. The van der Waals surface area contributed by atoms with Crippen LogP contribution in [0.5, 0.6) is 0 Å². The molecule has 2 amide bonds. The molecule has 0 unspecified atom stereocenters. The van der Waals surface area contributed by atoms with Crippen LogP contribution in [-0.4, -0.2) is 11.8 Å². The highest BCUT2D eigenvalue weighted by molar-refractivity contribution is 6.05. The number of carbonyl (C=O) groups excluding carboxylic acids is 2. The maximum Gasteiger partial charge on any atom is 0.251 e. The van der Waals surface area contributed by atoms with Crippen LogP contribution >= 0.6 is 0 Å². The molecule has 1 aliphatic rings. The van der Waals surface area contributed by atoms with Gasteiger partial charge < -0.3 is 5.73 Å². The van der Waals surface area contributed by atoms with Gasteiger partial charge in [-0.25, -0.2) is 0 Å². The summed E-state index contributed by atoms with van der Waals surface area (Å²) in [5, 5.41) is 0. The third-order valence-corrected chi connectivity index (χ3v) is 2.42. The first kappa shape index (κ1) is 9.51. The normalized spacial score (nSPS) is 16.3. The van der Waals surface area contributed by atoms with Gasteiger partial charge in [0, 0.05) is 5.69 Å². The van der Waals surface area contributed by atoms with E-state index in [1.807, 2.05) is 18.2 Å². The molecule has 0 bridgehead atoms. The lowest BCUT2D eigenvalue weighted by atomic mass is 9.98. The van der Waals surface area contributed by atoms with Crippen LogP contribution < -0.4 is 16.6 Å². The number of nitrogen functional groups attached to an aromatic ring is 1. The number of benzene rings is 1. The Kier molecular flexibility index (Phi) is 2.29. The summed E-state index contributed by atoms with van der Waals surface area (Å²) in [6.07, 6.45) is 0.338. The van der Waals surface area contributed by atoms with E-state index in [1.54, 1.807) is 6.07 Å². The minimum absolute atomic E-state index is 0.303. The highest BCUT2D eigenvalue weighted by atomic mass is 16.2. The summed E-state index contributed by atoms with van der Waals surface area (Å²) in [7, 11) is 0. The number of anilines is 1. The Balaban J connectivity index is 2.18. The summed E-state index contributed by atoms with van der Waals surface area (Å²) < 4.78 is 0. The molecule has 78 valence electrons. The zero-order valence-corrected chi connectivity index (χ0v) is 7.99. The van der Waals surface area contributed by atoms with Gasteiger partial charge in [-0.1, -0.05) is 18.2 Å².